The van der Waals surface area contributed by atoms with E-state index in [0.717, 1.165) is 22.1 Å². The molecule has 0 aliphatic carbocycles. The molecule has 0 unspecified atom stereocenters. The predicted octanol–water partition coefficient (Wildman–Crippen LogP) is 3.33. The van der Waals surface area contributed by atoms with Gasteiger partial charge in [-0.25, -0.2) is 0 Å². The van der Waals surface area contributed by atoms with E-state index < -0.39 is 0 Å². The van der Waals surface area contributed by atoms with Gasteiger partial charge in [0.1, 0.15) is 5.75 Å². The number of fused-ring (bicyclic) bond motifs is 1. The highest BCUT2D eigenvalue weighted by molar-refractivity contribution is 5.90. The highest BCUT2D eigenvalue weighted by Gasteiger charge is 2.22. The Kier molecular flexibility index (Phi) is 5.90. The molecule has 0 bridgehead atoms. The summed E-state index contributed by atoms with van der Waals surface area (Å²) >= 11 is 0. The summed E-state index contributed by atoms with van der Waals surface area (Å²) in [4.78, 5) is 26.2. The fourth-order valence-electron chi connectivity index (χ4n) is 2.86. The molecule has 2 aromatic carbocycles. The van der Waals surface area contributed by atoms with Gasteiger partial charge < -0.3 is 15.0 Å². The molecule has 2 amide bonds. The molecule has 0 heterocycles. The van der Waals surface area contributed by atoms with Crippen LogP contribution in [-0.2, 0) is 9.59 Å². The number of likely N-dealkylation sites (N-methyl/N-ethyl adjacent to an activating group) is 1. The Morgan fingerprint density at radius 2 is 1.73 bits per heavy atom. The number of nitrogens with one attached hydrogen (secondary N) is 1. The molecule has 1 atom stereocenters. The van der Waals surface area contributed by atoms with Crippen LogP contribution in [0.15, 0.2) is 36.4 Å². The van der Waals surface area contributed by atoms with Gasteiger partial charge in [0.15, 0.2) is 0 Å². The molecule has 1 N–H and O–H groups in total. The third-order valence-corrected chi connectivity index (χ3v) is 4.21. The fraction of sp³-hybridized carbons (Fsp3) is 0.429. The van der Waals surface area contributed by atoms with Crippen LogP contribution >= 0.6 is 0 Å². The van der Waals surface area contributed by atoms with Crippen molar-refractivity contribution in [3.63, 3.8) is 0 Å². The number of nitrogens with zero attached hydrogens (tertiary/aromatic N) is 1. The van der Waals surface area contributed by atoms with Gasteiger partial charge in [-0.2, -0.15) is 0 Å². The number of amides is 2. The molecule has 0 aliphatic heterocycles. The second-order valence-electron chi connectivity index (χ2n) is 7.69. The van der Waals surface area contributed by atoms with Gasteiger partial charge in [-0.15, -0.1) is 0 Å². The van der Waals surface area contributed by atoms with Crippen molar-refractivity contribution >= 4 is 22.6 Å². The first kappa shape index (κ1) is 19.8. The summed E-state index contributed by atoms with van der Waals surface area (Å²) in [5.41, 5.74) is 0.613. The first-order valence-electron chi connectivity index (χ1n) is 8.74. The third-order valence-electron chi connectivity index (χ3n) is 4.21. The lowest BCUT2D eigenvalue weighted by molar-refractivity contribution is -0.136. The van der Waals surface area contributed by atoms with Crippen LogP contribution in [0.25, 0.3) is 10.8 Å². The van der Waals surface area contributed by atoms with E-state index in [-0.39, 0.29) is 29.8 Å². The Bertz CT molecular complexity index is 808. The molecule has 2 rings (SSSR count). The quantitative estimate of drug-likeness (QED) is 0.894. The zero-order valence-electron chi connectivity index (χ0n) is 16.4. The predicted molar refractivity (Wildman–Crippen MR) is 104 cm³/mol. The summed E-state index contributed by atoms with van der Waals surface area (Å²) in [7, 11) is 3.30. The van der Waals surface area contributed by atoms with E-state index in [1.807, 2.05) is 64.1 Å². The summed E-state index contributed by atoms with van der Waals surface area (Å²) in [5.74, 6) is 0.237. The van der Waals surface area contributed by atoms with Gasteiger partial charge in [-0.05, 0) is 56.2 Å². The van der Waals surface area contributed by atoms with Gasteiger partial charge >= 0.3 is 0 Å². The van der Waals surface area contributed by atoms with Crippen LogP contribution in [0.1, 0.15) is 39.2 Å². The molecule has 0 aliphatic rings. The summed E-state index contributed by atoms with van der Waals surface area (Å²) < 4.78 is 5.24. The van der Waals surface area contributed by atoms with Crippen molar-refractivity contribution in [1.29, 1.82) is 0 Å². The largest absolute Gasteiger partial charge is 0.497 e. The maximum atomic E-state index is 12.7. The number of rotatable bonds is 5. The molecule has 2 aromatic rings. The molecule has 140 valence electrons. The van der Waals surface area contributed by atoms with E-state index in [1.54, 1.807) is 14.2 Å². The second kappa shape index (κ2) is 7.77. The van der Waals surface area contributed by atoms with Crippen molar-refractivity contribution in [2.45, 2.75) is 39.2 Å². The van der Waals surface area contributed by atoms with E-state index in [2.05, 4.69) is 5.32 Å². The van der Waals surface area contributed by atoms with E-state index in [0.29, 0.717) is 0 Å². The normalized spacial score (nSPS) is 12.5. The van der Waals surface area contributed by atoms with E-state index in [4.69, 9.17) is 4.74 Å². The summed E-state index contributed by atoms with van der Waals surface area (Å²) in [5, 5.41) is 4.99. The molecule has 0 fully saturated rings. The Hall–Kier alpha value is -2.56. The second-order valence-corrected chi connectivity index (χ2v) is 7.69. The van der Waals surface area contributed by atoms with Gasteiger partial charge in [-0.1, -0.05) is 24.3 Å². The van der Waals surface area contributed by atoms with Crippen molar-refractivity contribution < 1.29 is 14.3 Å². The average Bonchev–Trinajstić information content (AvgIpc) is 2.57. The Morgan fingerprint density at radius 1 is 1.12 bits per heavy atom. The lowest BCUT2D eigenvalue weighted by Gasteiger charge is -2.25. The number of hydrogen-bond acceptors (Lipinski definition) is 3. The lowest BCUT2D eigenvalue weighted by atomic mass is 9.96. The van der Waals surface area contributed by atoms with Crippen molar-refractivity contribution in [3.05, 3.63) is 42.0 Å². The van der Waals surface area contributed by atoms with Gasteiger partial charge in [0.05, 0.1) is 19.6 Å². The molecular formula is C21H28N2O3. The minimum atomic E-state index is -0.325. The third kappa shape index (κ3) is 4.97. The van der Waals surface area contributed by atoms with Crippen molar-refractivity contribution in [1.82, 2.24) is 10.2 Å². The maximum Gasteiger partial charge on any atom is 0.240 e. The van der Waals surface area contributed by atoms with E-state index in [1.165, 1.54) is 4.90 Å². The Morgan fingerprint density at radius 3 is 2.35 bits per heavy atom. The van der Waals surface area contributed by atoms with Gasteiger partial charge in [0.2, 0.25) is 11.8 Å². The zero-order chi connectivity index (χ0) is 19.5. The number of carbonyl (C=O) groups is 2. The van der Waals surface area contributed by atoms with Crippen LogP contribution < -0.4 is 10.1 Å². The van der Waals surface area contributed by atoms with Crippen molar-refractivity contribution in [2.24, 2.45) is 0 Å². The van der Waals surface area contributed by atoms with Crippen molar-refractivity contribution in [3.8, 4) is 5.75 Å². The average molecular weight is 356 g/mol. The highest BCUT2D eigenvalue weighted by atomic mass is 16.5. The topological polar surface area (TPSA) is 58.6 Å². The molecule has 0 saturated heterocycles. The van der Waals surface area contributed by atoms with E-state index in [9.17, 15) is 9.59 Å². The minimum absolute atomic E-state index is 0.0468. The van der Waals surface area contributed by atoms with Gasteiger partial charge in [0, 0.05) is 12.6 Å². The monoisotopic (exact) mass is 356 g/mol. The number of hydrogen-bond donors (Lipinski definition) is 1. The lowest BCUT2D eigenvalue weighted by Crippen LogP contribution is -2.46. The minimum Gasteiger partial charge on any atom is -0.497 e. The number of methoxy groups -OCH3 is 1. The maximum absolute atomic E-state index is 12.7. The molecule has 5 nitrogen and oxygen atoms in total. The molecular weight excluding hydrogens is 328 g/mol. The van der Waals surface area contributed by atoms with Crippen LogP contribution in [0.2, 0.25) is 0 Å². The Labute approximate surface area is 155 Å². The molecule has 0 spiro atoms. The molecule has 0 radical (unpaired) electrons. The number of benzene rings is 2. The van der Waals surface area contributed by atoms with E-state index >= 15 is 0 Å². The highest BCUT2D eigenvalue weighted by Crippen LogP contribution is 2.26. The molecule has 0 aromatic heterocycles. The van der Waals surface area contributed by atoms with Crippen molar-refractivity contribution in [2.75, 3.05) is 20.7 Å². The van der Waals surface area contributed by atoms with Crippen LogP contribution in [0, 0.1) is 0 Å². The zero-order valence-corrected chi connectivity index (χ0v) is 16.4. The van der Waals surface area contributed by atoms with Crippen LogP contribution in [0.3, 0.4) is 0 Å². The van der Waals surface area contributed by atoms with Crippen LogP contribution in [-0.4, -0.2) is 43.0 Å². The fourth-order valence-corrected chi connectivity index (χ4v) is 2.86. The van der Waals surface area contributed by atoms with Gasteiger partial charge in [-0.3, -0.25) is 9.59 Å². The summed E-state index contributed by atoms with van der Waals surface area (Å²) in [6, 6.07) is 11.8. The molecule has 26 heavy (non-hydrogen) atoms. The smallest absolute Gasteiger partial charge is 0.240 e. The SMILES string of the molecule is COc1ccc2cc([C@H](C)C(=O)N(C)CC(=O)NC(C)(C)C)ccc2c1. The first-order chi connectivity index (χ1) is 12.1. The van der Waals surface area contributed by atoms with Crippen LogP contribution in [0.4, 0.5) is 0 Å². The Balaban J connectivity index is 2.11. The summed E-state index contributed by atoms with van der Waals surface area (Å²) in [6.45, 7) is 7.66. The van der Waals surface area contributed by atoms with Crippen LogP contribution in [0.5, 0.6) is 5.75 Å². The molecule has 5 heteroatoms. The van der Waals surface area contributed by atoms with Gasteiger partial charge in [0.25, 0.3) is 0 Å². The molecule has 0 saturated carbocycles. The number of carbonyl (C=O) groups excluding carboxylic acids is 2. The number of ether oxygens (including phenoxy) is 1. The first-order valence-corrected chi connectivity index (χ1v) is 8.74. The standard InChI is InChI=1S/C21H28N2O3/c1-14(20(25)23(5)13-19(24)22-21(2,3)4)15-7-8-17-12-18(26-6)10-9-16(17)11-15/h7-12,14H,13H2,1-6H3,(H,22,24)/t14-/m0/s1. The summed E-state index contributed by atoms with van der Waals surface area (Å²) in [6.07, 6.45) is 0.